The van der Waals surface area contributed by atoms with Crippen LogP contribution in [0.25, 0.3) is 11.1 Å². The quantitative estimate of drug-likeness (QED) is 0.389. The molecule has 3 aromatic rings. The highest BCUT2D eigenvalue weighted by atomic mass is 35.5. The highest BCUT2D eigenvalue weighted by Gasteiger charge is 2.25. The van der Waals surface area contributed by atoms with E-state index < -0.39 is 23.8 Å². The number of rotatable bonds is 10. The zero-order chi connectivity index (χ0) is 23.8. The average molecular weight is 474 g/mol. The Bertz CT molecular complexity index is 1080. The molecule has 33 heavy (non-hydrogen) atoms. The Morgan fingerprint density at radius 2 is 2.00 bits per heavy atom. The van der Waals surface area contributed by atoms with Crippen molar-refractivity contribution in [3.63, 3.8) is 0 Å². The molecule has 0 spiro atoms. The molecule has 10 heteroatoms. The molecule has 0 aliphatic rings. The van der Waals surface area contributed by atoms with Crippen LogP contribution in [0.2, 0.25) is 5.02 Å². The number of halogens is 2. The third-order valence-corrected chi connectivity index (χ3v) is 5.37. The number of aromatic amines is 1. The first-order valence-electron chi connectivity index (χ1n) is 10.5. The van der Waals surface area contributed by atoms with Crippen molar-refractivity contribution in [2.24, 2.45) is 11.7 Å². The van der Waals surface area contributed by atoms with Crippen molar-refractivity contribution >= 4 is 23.5 Å². The van der Waals surface area contributed by atoms with Gasteiger partial charge in [-0.1, -0.05) is 41.1 Å². The van der Waals surface area contributed by atoms with E-state index in [-0.39, 0.29) is 31.1 Å². The Morgan fingerprint density at radius 1 is 1.24 bits per heavy atom. The van der Waals surface area contributed by atoms with Gasteiger partial charge in [0.1, 0.15) is 5.82 Å². The monoisotopic (exact) mass is 473 g/mol. The van der Waals surface area contributed by atoms with Gasteiger partial charge in [-0.25, -0.2) is 4.39 Å². The van der Waals surface area contributed by atoms with Crippen molar-refractivity contribution in [2.45, 2.75) is 25.8 Å². The lowest BCUT2D eigenvalue weighted by molar-refractivity contribution is -0.148. The maximum absolute atomic E-state index is 14.2. The van der Waals surface area contributed by atoms with E-state index in [1.54, 1.807) is 25.1 Å². The van der Waals surface area contributed by atoms with Gasteiger partial charge < -0.3 is 15.8 Å². The molecule has 1 amide bonds. The molecule has 8 nitrogen and oxygen atoms in total. The fraction of sp³-hybridized carbons (Fsp3) is 0.304. The maximum Gasteiger partial charge on any atom is 0.310 e. The zero-order valence-electron chi connectivity index (χ0n) is 18.1. The molecule has 0 aliphatic heterocycles. The molecular formula is C23H25ClFN5O3. The summed E-state index contributed by atoms with van der Waals surface area (Å²) >= 11 is 6.00. The van der Waals surface area contributed by atoms with Crippen LogP contribution in [0.15, 0.2) is 48.7 Å². The smallest absolute Gasteiger partial charge is 0.310 e. The van der Waals surface area contributed by atoms with Crippen LogP contribution < -0.4 is 11.1 Å². The first-order valence-corrected chi connectivity index (χ1v) is 10.9. The molecule has 4 N–H and O–H groups in total. The number of ether oxygens (including phenoxy) is 1. The molecule has 0 aliphatic carbocycles. The van der Waals surface area contributed by atoms with Crippen LogP contribution in [0.4, 0.5) is 4.39 Å². The number of amides is 1. The number of esters is 1. The van der Waals surface area contributed by atoms with E-state index in [0.29, 0.717) is 22.6 Å². The van der Waals surface area contributed by atoms with Crippen LogP contribution in [-0.2, 0) is 16.0 Å². The fourth-order valence-electron chi connectivity index (χ4n) is 3.48. The molecule has 0 saturated heterocycles. The number of nitrogens with zero attached hydrogens (tertiary/aromatic N) is 2. The lowest BCUT2D eigenvalue weighted by Gasteiger charge is -2.23. The van der Waals surface area contributed by atoms with Crippen LogP contribution in [0.3, 0.4) is 0 Å². The minimum Gasteiger partial charge on any atom is -0.466 e. The molecular weight excluding hydrogens is 449 g/mol. The Morgan fingerprint density at radius 3 is 2.64 bits per heavy atom. The third kappa shape index (κ3) is 6.59. The van der Waals surface area contributed by atoms with Gasteiger partial charge >= 0.3 is 5.97 Å². The molecule has 3 rings (SSSR count). The van der Waals surface area contributed by atoms with E-state index >= 15 is 0 Å². The molecule has 0 saturated carbocycles. The molecule has 0 bridgehead atoms. The van der Waals surface area contributed by atoms with Crippen LogP contribution in [0.1, 0.15) is 29.4 Å². The summed E-state index contributed by atoms with van der Waals surface area (Å²) in [4.78, 5) is 24.8. The largest absolute Gasteiger partial charge is 0.466 e. The summed E-state index contributed by atoms with van der Waals surface area (Å²) in [5, 5.41) is 13.1. The van der Waals surface area contributed by atoms with E-state index in [1.165, 1.54) is 18.3 Å². The molecule has 2 aromatic carbocycles. The minimum absolute atomic E-state index is 0.0855. The van der Waals surface area contributed by atoms with Gasteiger partial charge in [0.15, 0.2) is 5.69 Å². The summed E-state index contributed by atoms with van der Waals surface area (Å²) in [5.41, 5.74) is 7.88. The number of nitrogens with two attached hydrogens (primary N) is 1. The second-order valence-electron chi connectivity index (χ2n) is 7.47. The van der Waals surface area contributed by atoms with Gasteiger partial charge in [-0.2, -0.15) is 0 Å². The molecule has 1 heterocycles. The summed E-state index contributed by atoms with van der Waals surface area (Å²) < 4.78 is 19.3. The molecule has 0 radical (unpaired) electrons. The molecule has 0 fully saturated rings. The van der Waals surface area contributed by atoms with Gasteiger partial charge in [0.05, 0.1) is 18.7 Å². The highest BCUT2D eigenvalue weighted by Crippen LogP contribution is 2.26. The number of hydrogen-bond acceptors (Lipinski definition) is 6. The number of H-pyrrole nitrogens is 1. The Labute approximate surface area is 195 Å². The van der Waals surface area contributed by atoms with Gasteiger partial charge in [0.25, 0.3) is 5.91 Å². The van der Waals surface area contributed by atoms with E-state index in [1.807, 2.05) is 12.1 Å². The van der Waals surface area contributed by atoms with Crippen LogP contribution in [0, 0.1) is 11.7 Å². The number of nitrogens with one attached hydrogen (secondary N) is 2. The first kappa shape index (κ1) is 24.3. The van der Waals surface area contributed by atoms with Gasteiger partial charge in [-0.15, -0.1) is 5.10 Å². The highest BCUT2D eigenvalue weighted by molar-refractivity contribution is 6.30. The summed E-state index contributed by atoms with van der Waals surface area (Å²) in [5.74, 6) is -1.78. The van der Waals surface area contributed by atoms with Crippen molar-refractivity contribution < 1.29 is 18.7 Å². The number of hydrogen-bond donors (Lipinski definition) is 3. The van der Waals surface area contributed by atoms with Crippen molar-refractivity contribution in [3.8, 4) is 11.1 Å². The number of carbonyl (C=O) groups is 2. The molecule has 2 atom stereocenters. The van der Waals surface area contributed by atoms with Crippen LogP contribution in [0.5, 0.6) is 0 Å². The van der Waals surface area contributed by atoms with Gasteiger partial charge in [0, 0.05) is 23.2 Å². The second kappa shape index (κ2) is 11.5. The Balaban J connectivity index is 1.78. The van der Waals surface area contributed by atoms with Crippen LogP contribution >= 0.6 is 11.6 Å². The molecule has 1 aromatic heterocycles. The average Bonchev–Trinajstić information content (AvgIpc) is 3.35. The van der Waals surface area contributed by atoms with Gasteiger partial charge in [-0.05, 0) is 49.1 Å². The maximum atomic E-state index is 14.2. The predicted octanol–water partition coefficient (Wildman–Crippen LogP) is 3.13. The summed E-state index contributed by atoms with van der Waals surface area (Å²) in [6.45, 7) is 2.05. The lowest BCUT2D eigenvalue weighted by Crippen LogP contribution is -2.41. The third-order valence-electron chi connectivity index (χ3n) is 5.13. The molecule has 1 unspecified atom stereocenters. The van der Waals surface area contributed by atoms with Gasteiger partial charge in [0.2, 0.25) is 0 Å². The van der Waals surface area contributed by atoms with Gasteiger partial charge in [-0.3, -0.25) is 14.7 Å². The zero-order valence-corrected chi connectivity index (χ0v) is 18.8. The Hall–Kier alpha value is -3.30. The normalized spacial score (nSPS) is 12.7. The van der Waals surface area contributed by atoms with E-state index in [0.717, 1.165) is 5.56 Å². The van der Waals surface area contributed by atoms with Crippen molar-refractivity contribution in [3.05, 3.63) is 70.8 Å². The first-order chi connectivity index (χ1) is 15.9. The predicted molar refractivity (Wildman–Crippen MR) is 122 cm³/mol. The summed E-state index contributed by atoms with van der Waals surface area (Å²) in [6, 6.07) is 11.2. The molecule has 174 valence electrons. The summed E-state index contributed by atoms with van der Waals surface area (Å²) in [6.07, 6.45) is 2.08. The van der Waals surface area contributed by atoms with Crippen LogP contribution in [-0.4, -0.2) is 46.5 Å². The summed E-state index contributed by atoms with van der Waals surface area (Å²) in [7, 11) is 0. The van der Waals surface area contributed by atoms with Crippen molar-refractivity contribution in [1.82, 2.24) is 20.7 Å². The topological polar surface area (TPSA) is 123 Å². The number of aromatic nitrogens is 3. The number of carbonyl (C=O) groups excluding carboxylic acids is 2. The minimum atomic E-state index is -0.576. The van der Waals surface area contributed by atoms with E-state index in [9.17, 15) is 14.0 Å². The van der Waals surface area contributed by atoms with E-state index in [4.69, 9.17) is 22.1 Å². The SMILES string of the molecule is CCOC(=O)C(CN)C[C@@H](Cc1ccc(-c2cc(Cl)ccc2F)cc1)NC(=O)c1c[nH]nn1. The Kier molecular flexibility index (Phi) is 8.51. The van der Waals surface area contributed by atoms with Crippen molar-refractivity contribution in [1.29, 1.82) is 0 Å². The number of benzene rings is 2. The fourth-order valence-corrected chi connectivity index (χ4v) is 3.65. The second-order valence-corrected chi connectivity index (χ2v) is 7.91. The standard InChI is InChI=1S/C23H25ClFN5O3/c1-2-33-23(32)16(12-26)10-18(28-22(31)21-13-27-30-29-21)9-14-3-5-15(6-4-14)19-11-17(24)7-8-20(19)25/h3-8,11,13,16,18H,2,9-10,12,26H2,1H3,(H,28,31)(H,27,29,30)/t16?,18-/m1/s1. The lowest BCUT2D eigenvalue weighted by atomic mass is 9.93. The van der Waals surface area contributed by atoms with Crippen molar-refractivity contribution in [2.75, 3.05) is 13.2 Å². The van der Waals surface area contributed by atoms with E-state index in [2.05, 4.69) is 20.7 Å².